The van der Waals surface area contributed by atoms with E-state index in [1.165, 1.54) is 13.8 Å². The molecule has 7 aliphatic rings. The molecule has 14 nitrogen and oxygen atoms in total. The van der Waals surface area contributed by atoms with Gasteiger partial charge in [-0.15, -0.1) is 0 Å². The number of aliphatic hydroxyl groups is 6. The Kier molecular flexibility index (Phi) is 9.31. The number of aliphatic hydroxyl groups excluding tert-OH is 2. The zero-order chi connectivity index (χ0) is 39.0. The summed E-state index contributed by atoms with van der Waals surface area (Å²) in [6.07, 6.45) is -5.29. The zero-order valence-electron chi connectivity index (χ0n) is 32.4. The van der Waals surface area contributed by atoms with Crippen molar-refractivity contribution in [3.63, 3.8) is 0 Å². The van der Waals surface area contributed by atoms with Crippen LogP contribution in [0.1, 0.15) is 100 Å². The van der Waals surface area contributed by atoms with E-state index < -0.39 is 118 Å². The highest BCUT2D eigenvalue weighted by molar-refractivity contribution is 5.79. The summed E-state index contributed by atoms with van der Waals surface area (Å²) in [4.78, 5) is 41.9. The third-order valence-electron chi connectivity index (χ3n) is 15.8. The van der Waals surface area contributed by atoms with Gasteiger partial charge in [-0.3, -0.25) is 14.5 Å². The lowest BCUT2D eigenvalue weighted by molar-refractivity contribution is -0.300. The summed E-state index contributed by atoms with van der Waals surface area (Å²) in [6.45, 7) is 14.5. The van der Waals surface area contributed by atoms with Crippen molar-refractivity contribution < 1.29 is 64.0 Å². The number of carbonyl (C=O) groups is 3. The molecule has 7 rings (SSSR count). The molecular weight excluding hydrogens is 690 g/mol. The highest BCUT2D eigenvalue weighted by Gasteiger charge is 2.89. The molecule has 4 saturated carbocycles. The number of nitrogens with zero attached hydrogens (tertiary/aromatic N) is 1. The van der Waals surface area contributed by atoms with Gasteiger partial charge in [0, 0.05) is 55.6 Å². The molecule has 6 N–H and O–H groups in total. The first-order valence-electron chi connectivity index (χ1n) is 19.8. The maximum Gasteiger partial charge on any atom is 0.338 e. The van der Waals surface area contributed by atoms with Crippen LogP contribution in [0.25, 0.3) is 0 Å². The van der Waals surface area contributed by atoms with Crippen LogP contribution in [-0.4, -0.2) is 131 Å². The van der Waals surface area contributed by atoms with Crippen LogP contribution in [-0.2, 0) is 33.3 Å². The monoisotopic (exact) mass is 751 g/mol. The van der Waals surface area contributed by atoms with E-state index in [9.17, 15) is 45.0 Å². The number of rotatable bonds is 7. The molecule has 4 bridgehead atoms. The Labute approximate surface area is 311 Å². The van der Waals surface area contributed by atoms with E-state index in [4.69, 9.17) is 18.9 Å². The summed E-state index contributed by atoms with van der Waals surface area (Å²) in [5.41, 5.74) is -8.42. The van der Waals surface area contributed by atoms with Gasteiger partial charge < -0.3 is 49.6 Å². The highest BCUT2D eigenvalue weighted by Crippen LogP contribution is 2.77. The van der Waals surface area contributed by atoms with E-state index >= 15 is 0 Å². The zero-order valence-corrected chi connectivity index (χ0v) is 32.4. The van der Waals surface area contributed by atoms with Gasteiger partial charge in [0.15, 0.2) is 17.8 Å². The van der Waals surface area contributed by atoms with E-state index in [2.05, 4.69) is 11.8 Å². The van der Waals surface area contributed by atoms with Gasteiger partial charge in [-0.05, 0) is 70.1 Å². The number of ether oxygens (including phenoxy) is 4. The van der Waals surface area contributed by atoms with E-state index in [0.717, 1.165) is 6.42 Å². The minimum absolute atomic E-state index is 0.0128. The molecule has 3 saturated heterocycles. The molecule has 53 heavy (non-hydrogen) atoms. The van der Waals surface area contributed by atoms with Crippen LogP contribution >= 0.6 is 0 Å². The summed E-state index contributed by atoms with van der Waals surface area (Å²) in [5.74, 6) is -9.25. The molecule has 0 aromatic carbocycles. The first kappa shape index (κ1) is 39.3. The van der Waals surface area contributed by atoms with Crippen molar-refractivity contribution in [3.05, 3.63) is 0 Å². The molecule has 19 atom stereocenters. The molecule has 7 fully saturated rings. The maximum atomic E-state index is 13.6. The van der Waals surface area contributed by atoms with Crippen LogP contribution in [0, 0.1) is 46.8 Å². The Hall–Kier alpha value is -1.91. The SMILES string of the molecule is CCC(C)C(=O)OC1C(O)C2C(CN3CC(C)CCC3C2(C)O)C2CC34OC5(O)C(OC(=O)C(C)(O)CC)CC(OC(C)=O)C3(C)C5CC(O)C4C21O. The van der Waals surface area contributed by atoms with Crippen LogP contribution in [0.5, 0.6) is 0 Å². The third kappa shape index (κ3) is 5.14. The first-order valence-corrected chi connectivity index (χ1v) is 19.8. The summed E-state index contributed by atoms with van der Waals surface area (Å²) < 4.78 is 24.9. The van der Waals surface area contributed by atoms with Gasteiger partial charge in [-0.2, -0.15) is 0 Å². The van der Waals surface area contributed by atoms with E-state index in [-0.39, 0.29) is 31.7 Å². The number of carbonyl (C=O) groups excluding carboxylic acids is 3. The Morgan fingerprint density at radius 2 is 1.68 bits per heavy atom. The molecule has 3 aliphatic heterocycles. The second kappa shape index (κ2) is 12.5. The maximum absolute atomic E-state index is 13.6. The van der Waals surface area contributed by atoms with Gasteiger partial charge in [-0.1, -0.05) is 34.6 Å². The van der Waals surface area contributed by atoms with Crippen molar-refractivity contribution in [2.75, 3.05) is 13.1 Å². The Balaban J connectivity index is 1.40. The lowest BCUT2D eigenvalue weighted by atomic mass is 9.48. The Morgan fingerprint density at radius 3 is 2.30 bits per heavy atom. The predicted molar refractivity (Wildman–Crippen MR) is 185 cm³/mol. The average molecular weight is 752 g/mol. The minimum atomic E-state index is -2.24. The van der Waals surface area contributed by atoms with Crippen LogP contribution in [0.4, 0.5) is 0 Å². The van der Waals surface area contributed by atoms with Crippen molar-refractivity contribution in [2.45, 2.75) is 165 Å². The molecule has 1 spiro atoms. The van der Waals surface area contributed by atoms with Crippen LogP contribution in [0.3, 0.4) is 0 Å². The van der Waals surface area contributed by atoms with Gasteiger partial charge >= 0.3 is 17.9 Å². The molecule has 0 aromatic rings. The summed E-state index contributed by atoms with van der Waals surface area (Å²) in [5, 5.41) is 74.3. The van der Waals surface area contributed by atoms with Gasteiger partial charge in [-0.25, -0.2) is 4.79 Å². The number of hydrogen-bond donors (Lipinski definition) is 6. The molecule has 0 radical (unpaired) electrons. The van der Waals surface area contributed by atoms with Crippen molar-refractivity contribution in [1.82, 2.24) is 4.90 Å². The standard InChI is InChI=1S/C39H61NO13/c1-9-19(4)32(44)52-31-29(43)28-21(17-40-16-18(3)11-12-25(40)36(28,8)47)22-15-37-30(38(22,31)48)23(42)13-24-35(37,7)26(50-20(5)41)14-27(39(24,49)53-37)51-33(45)34(6,46)10-2/h18-19,21-31,42-43,46-49H,9-17H2,1-8H3. The van der Waals surface area contributed by atoms with Crippen LogP contribution in [0.15, 0.2) is 0 Å². The van der Waals surface area contributed by atoms with Gasteiger partial charge in [0.05, 0.1) is 29.3 Å². The molecule has 0 amide bonds. The lowest BCUT2D eigenvalue weighted by Gasteiger charge is -2.64. The molecule has 0 aromatic heterocycles. The summed E-state index contributed by atoms with van der Waals surface area (Å²) >= 11 is 0. The summed E-state index contributed by atoms with van der Waals surface area (Å²) in [7, 11) is 0. The smallest absolute Gasteiger partial charge is 0.338 e. The van der Waals surface area contributed by atoms with Crippen LogP contribution < -0.4 is 0 Å². The fourth-order valence-corrected chi connectivity index (χ4v) is 12.8. The quantitative estimate of drug-likeness (QED) is 0.159. The predicted octanol–water partition coefficient (Wildman–Crippen LogP) is 1.04. The van der Waals surface area contributed by atoms with Crippen molar-refractivity contribution in [1.29, 1.82) is 0 Å². The molecule has 3 heterocycles. The van der Waals surface area contributed by atoms with E-state index in [0.29, 0.717) is 31.8 Å². The minimum Gasteiger partial charge on any atom is -0.462 e. The van der Waals surface area contributed by atoms with E-state index in [1.54, 1.807) is 27.7 Å². The second-order valence-electron chi connectivity index (χ2n) is 18.6. The molecule has 19 unspecified atom stereocenters. The molecule has 4 aliphatic carbocycles. The summed E-state index contributed by atoms with van der Waals surface area (Å²) in [6, 6.07) is -0.284. The number of esters is 3. The second-order valence-corrected chi connectivity index (χ2v) is 18.6. The fourth-order valence-electron chi connectivity index (χ4n) is 12.8. The van der Waals surface area contributed by atoms with Gasteiger partial charge in [0.2, 0.25) is 5.79 Å². The van der Waals surface area contributed by atoms with Crippen molar-refractivity contribution >= 4 is 17.9 Å². The normalized spacial score (nSPS) is 52.9. The average Bonchev–Trinajstić information content (AvgIpc) is 3.37. The third-order valence-corrected chi connectivity index (χ3v) is 15.8. The number of fused-ring (bicyclic) bond motifs is 5. The topological polar surface area (TPSA) is 213 Å². The number of piperidine rings is 2. The molecule has 14 heteroatoms. The lowest BCUT2D eigenvalue weighted by Crippen LogP contribution is -2.77. The highest BCUT2D eigenvalue weighted by atomic mass is 16.7. The van der Waals surface area contributed by atoms with Gasteiger partial charge in [0.25, 0.3) is 0 Å². The molecular formula is C39H61NO13. The van der Waals surface area contributed by atoms with Crippen molar-refractivity contribution in [3.8, 4) is 0 Å². The van der Waals surface area contributed by atoms with Crippen LogP contribution in [0.2, 0.25) is 0 Å². The number of hydrogen-bond acceptors (Lipinski definition) is 14. The first-order chi connectivity index (χ1) is 24.6. The largest absolute Gasteiger partial charge is 0.462 e. The fraction of sp³-hybridized carbons (Fsp3) is 0.923. The van der Waals surface area contributed by atoms with Crippen molar-refractivity contribution in [2.24, 2.45) is 46.8 Å². The van der Waals surface area contributed by atoms with E-state index in [1.807, 2.05) is 6.92 Å². The molecule has 300 valence electrons. The Bertz CT molecular complexity index is 1500. The van der Waals surface area contributed by atoms with Gasteiger partial charge in [0.1, 0.15) is 11.7 Å². The Morgan fingerprint density at radius 1 is 1.00 bits per heavy atom.